The molecule has 1 atom stereocenters. The number of anilines is 1. The van der Waals surface area contributed by atoms with Crippen LogP contribution in [0.5, 0.6) is 0 Å². The minimum atomic E-state index is -3.64. The highest BCUT2D eigenvalue weighted by Crippen LogP contribution is 2.25. The third-order valence-electron chi connectivity index (χ3n) is 3.26. The van der Waals surface area contributed by atoms with Crippen LogP contribution in [0.15, 0.2) is 35.4 Å². The average Bonchev–Trinajstić information content (AvgIpc) is 2.86. The molecular weight excluding hydrogens is 288 g/mol. The minimum Gasteiger partial charge on any atom is -0.310 e. The summed E-state index contributed by atoms with van der Waals surface area (Å²) in [5, 5.41) is 9.68. The number of aryl methyl sites for hydroxylation is 1. The second-order valence-electron chi connectivity index (χ2n) is 4.83. The lowest BCUT2D eigenvalue weighted by atomic mass is 10.1. The molecule has 0 amide bonds. The van der Waals surface area contributed by atoms with Gasteiger partial charge < -0.3 is 5.32 Å². The molecule has 1 heterocycles. The molecule has 2 aromatic rings. The van der Waals surface area contributed by atoms with E-state index < -0.39 is 10.0 Å². The summed E-state index contributed by atoms with van der Waals surface area (Å²) in [6.45, 7) is 6.50. The van der Waals surface area contributed by atoms with Crippen LogP contribution in [0.1, 0.15) is 31.1 Å². The van der Waals surface area contributed by atoms with Crippen LogP contribution in [0.25, 0.3) is 0 Å². The van der Waals surface area contributed by atoms with Gasteiger partial charge in [0.05, 0.1) is 17.6 Å². The topological polar surface area (TPSA) is 86.9 Å². The quantitative estimate of drug-likeness (QED) is 0.763. The Hall–Kier alpha value is -1.86. The molecule has 0 saturated heterocycles. The summed E-state index contributed by atoms with van der Waals surface area (Å²) < 4.78 is 27.5. The molecule has 1 unspecified atom stereocenters. The van der Waals surface area contributed by atoms with Crippen LogP contribution in [0.2, 0.25) is 0 Å². The smallest absolute Gasteiger partial charge is 0.265 e. The SMILES string of the molecule is CCNC(C)c1ccccc1NS(=O)(=O)c1cn[nH]c1C. The lowest BCUT2D eigenvalue weighted by molar-refractivity contribution is 0.595. The zero-order valence-electron chi connectivity index (χ0n) is 12.3. The highest BCUT2D eigenvalue weighted by Gasteiger charge is 2.20. The number of H-pyrrole nitrogens is 1. The van der Waals surface area contributed by atoms with Gasteiger partial charge in [0.2, 0.25) is 0 Å². The number of aromatic amines is 1. The van der Waals surface area contributed by atoms with Crippen molar-refractivity contribution >= 4 is 15.7 Å². The number of nitrogens with zero attached hydrogens (tertiary/aromatic N) is 1. The first-order valence-corrected chi connectivity index (χ1v) is 8.29. The molecule has 114 valence electrons. The van der Waals surface area contributed by atoms with Gasteiger partial charge in [-0.15, -0.1) is 0 Å². The van der Waals surface area contributed by atoms with E-state index in [0.717, 1.165) is 12.1 Å². The molecule has 0 aliphatic carbocycles. The van der Waals surface area contributed by atoms with Gasteiger partial charge in [-0.05, 0) is 32.0 Å². The maximum absolute atomic E-state index is 12.4. The Labute approximate surface area is 125 Å². The monoisotopic (exact) mass is 308 g/mol. The van der Waals surface area contributed by atoms with E-state index in [1.807, 2.05) is 32.0 Å². The van der Waals surface area contributed by atoms with E-state index in [4.69, 9.17) is 0 Å². The van der Waals surface area contributed by atoms with E-state index in [1.54, 1.807) is 13.0 Å². The Morgan fingerprint density at radius 2 is 2.05 bits per heavy atom. The Balaban J connectivity index is 2.34. The lowest BCUT2D eigenvalue weighted by Gasteiger charge is -2.18. The van der Waals surface area contributed by atoms with E-state index in [9.17, 15) is 8.42 Å². The molecule has 0 aliphatic rings. The second-order valence-corrected chi connectivity index (χ2v) is 6.48. The van der Waals surface area contributed by atoms with Crippen LogP contribution in [0.4, 0.5) is 5.69 Å². The summed E-state index contributed by atoms with van der Waals surface area (Å²) in [6.07, 6.45) is 1.31. The summed E-state index contributed by atoms with van der Waals surface area (Å²) in [5.41, 5.74) is 2.00. The summed E-state index contributed by atoms with van der Waals surface area (Å²) in [4.78, 5) is 0.161. The van der Waals surface area contributed by atoms with Gasteiger partial charge in [-0.2, -0.15) is 5.10 Å². The van der Waals surface area contributed by atoms with Gasteiger partial charge in [0.15, 0.2) is 0 Å². The molecular formula is C14H20N4O2S. The van der Waals surface area contributed by atoms with Crippen LogP contribution >= 0.6 is 0 Å². The molecule has 0 radical (unpaired) electrons. The molecule has 0 fully saturated rings. The number of benzene rings is 1. The van der Waals surface area contributed by atoms with Crippen molar-refractivity contribution in [3.05, 3.63) is 41.7 Å². The Kier molecular flexibility index (Phi) is 4.64. The van der Waals surface area contributed by atoms with E-state index in [2.05, 4.69) is 20.2 Å². The molecule has 7 heteroatoms. The molecule has 0 saturated carbocycles. The van der Waals surface area contributed by atoms with Gasteiger partial charge in [-0.3, -0.25) is 9.82 Å². The fraction of sp³-hybridized carbons (Fsp3) is 0.357. The number of hydrogen-bond acceptors (Lipinski definition) is 4. The molecule has 1 aromatic carbocycles. The highest BCUT2D eigenvalue weighted by molar-refractivity contribution is 7.92. The molecule has 1 aromatic heterocycles. The van der Waals surface area contributed by atoms with Gasteiger partial charge in [0.1, 0.15) is 4.90 Å². The molecule has 0 bridgehead atoms. The summed E-state index contributed by atoms with van der Waals surface area (Å²) >= 11 is 0. The van der Waals surface area contributed by atoms with Crippen molar-refractivity contribution in [2.45, 2.75) is 31.7 Å². The van der Waals surface area contributed by atoms with E-state index >= 15 is 0 Å². The van der Waals surface area contributed by atoms with Gasteiger partial charge >= 0.3 is 0 Å². The fourth-order valence-corrected chi connectivity index (χ4v) is 3.42. The lowest BCUT2D eigenvalue weighted by Crippen LogP contribution is -2.21. The summed E-state index contributed by atoms with van der Waals surface area (Å²) in [6, 6.07) is 7.43. The van der Waals surface area contributed by atoms with Gasteiger partial charge in [-0.25, -0.2) is 8.42 Å². The molecule has 0 aliphatic heterocycles. The van der Waals surface area contributed by atoms with Crippen molar-refractivity contribution < 1.29 is 8.42 Å². The van der Waals surface area contributed by atoms with Crippen LogP contribution in [0.3, 0.4) is 0 Å². The van der Waals surface area contributed by atoms with Crippen molar-refractivity contribution in [3.8, 4) is 0 Å². The predicted molar refractivity (Wildman–Crippen MR) is 82.7 cm³/mol. The number of rotatable bonds is 6. The third kappa shape index (κ3) is 3.43. The molecule has 21 heavy (non-hydrogen) atoms. The van der Waals surface area contributed by atoms with Crippen molar-refractivity contribution in [1.82, 2.24) is 15.5 Å². The first-order valence-electron chi connectivity index (χ1n) is 6.80. The van der Waals surface area contributed by atoms with E-state index in [0.29, 0.717) is 11.4 Å². The largest absolute Gasteiger partial charge is 0.310 e. The maximum atomic E-state index is 12.4. The number of para-hydroxylation sites is 1. The van der Waals surface area contributed by atoms with Crippen molar-refractivity contribution in [1.29, 1.82) is 0 Å². The number of sulfonamides is 1. The number of nitrogens with one attached hydrogen (secondary N) is 3. The van der Waals surface area contributed by atoms with Gasteiger partial charge in [0, 0.05) is 6.04 Å². The molecule has 0 spiro atoms. The normalized spacial score (nSPS) is 13.1. The standard InChI is InChI=1S/C14H20N4O2S/c1-4-15-10(2)12-7-5-6-8-13(12)18-21(19,20)14-9-16-17-11(14)3/h5-10,15,18H,4H2,1-3H3,(H,16,17). The third-order valence-corrected chi connectivity index (χ3v) is 4.73. The highest BCUT2D eigenvalue weighted by atomic mass is 32.2. The fourth-order valence-electron chi connectivity index (χ4n) is 2.19. The zero-order chi connectivity index (χ0) is 15.5. The Morgan fingerprint density at radius 1 is 1.33 bits per heavy atom. The van der Waals surface area contributed by atoms with Crippen LogP contribution in [0, 0.1) is 6.92 Å². The maximum Gasteiger partial charge on any atom is 0.265 e. The molecule has 6 nitrogen and oxygen atoms in total. The second kappa shape index (κ2) is 6.28. The Morgan fingerprint density at radius 3 is 2.67 bits per heavy atom. The predicted octanol–water partition coefficient (Wildman–Crippen LogP) is 2.19. The first-order chi connectivity index (χ1) is 9.95. The molecule has 2 rings (SSSR count). The van der Waals surface area contributed by atoms with Crippen LogP contribution in [-0.4, -0.2) is 25.2 Å². The zero-order valence-corrected chi connectivity index (χ0v) is 13.2. The first kappa shape index (κ1) is 15.5. The van der Waals surface area contributed by atoms with E-state index in [-0.39, 0.29) is 10.9 Å². The van der Waals surface area contributed by atoms with E-state index in [1.165, 1.54) is 6.20 Å². The van der Waals surface area contributed by atoms with Crippen LogP contribution < -0.4 is 10.0 Å². The van der Waals surface area contributed by atoms with Crippen molar-refractivity contribution in [2.75, 3.05) is 11.3 Å². The van der Waals surface area contributed by atoms with Gasteiger partial charge in [-0.1, -0.05) is 25.1 Å². The Bertz CT molecular complexity index is 709. The summed E-state index contributed by atoms with van der Waals surface area (Å²) in [7, 11) is -3.64. The van der Waals surface area contributed by atoms with Crippen molar-refractivity contribution in [2.24, 2.45) is 0 Å². The number of hydrogen-bond donors (Lipinski definition) is 3. The summed E-state index contributed by atoms with van der Waals surface area (Å²) in [5.74, 6) is 0. The minimum absolute atomic E-state index is 0.0550. The van der Waals surface area contributed by atoms with Crippen molar-refractivity contribution in [3.63, 3.8) is 0 Å². The van der Waals surface area contributed by atoms with Crippen LogP contribution in [-0.2, 0) is 10.0 Å². The molecule has 3 N–H and O–H groups in total. The van der Waals surface area contributed by atoms with Gasteiger partial charge in [0.25, 0.3) is 10.0 Å². The average molecular weight is 308 g/mol. The number of aromatic nitrogens is 2.